The highest BCUT2D eigenvalue weighted by molar-refractivity contribution is 6.30. The SMILES string of the molecule is CCOc1ccc(N2C(=O)[C@@H]3N=NN(Cc4cccc(Cl)c4)[C@H]3C2=O)cc1. The Labute approximate surface area is 161 Å². The largest absolute Gasteiger partial charge is 0.494 e. The third-order valence-electron chi connectivity index (χ3n) is 4.50. The van der Waals surface area contributed by atoms with E-state index >= 15 is 0 Å². The van der Waals surface area contributed by atoms with Crippen molar-refractivity contribution in [2.45, 2.75) is 25.6 Å². The number of hydrogen-bond donors (Lipinski definition) is 0. The van der Waals surface area contributed by atoms with Gasteiger partial charge in [0.15, 0.2) is 12.1 Å². The van der Waals surface area contributed by atoms with E-state index in [1.165, 1.54) is 4.90 Å². The van der Waals surface area contributed by atoms with E-state index in [0.717, 1.165) is 5.56 Å². The van der Waals surface area contributed by atoms with Crippen molar-refractivity contribution < 1.29 is 14.3 Å². The van der Waals surface area contributed by atoms with Crippen molar-refractivity contribution in [1.82, 2.24) is 5.01 Å². The highest BCUT2D eigenvalue weighted by atomic mass is 35.5. The monoisotopic (exact) mass is 384 g/mol. The Bertz CT molecular complexity index is 915. The molecular formula is C19H17ClN4O3. The molecule has 1 fully saturated rings. The Kier molecular flexibility index (Phi) is 4.53. The van der Waals surface area contributed by atoms with Crippen LogP contribution in [0.25, 0.3) is 0 Å². The second-order valence-electron chi connectivity index (χ2n) is 6.26. The molecule has 0 radical (unpaired) electrons. The second kappa shape index (κ2) is 7.00. The average molecular weight is 385 g/mol. The summed E-state index contributed by atoms with van der Waals surface area (Å²) >= 11 is 6.02. The van der Waals surface area contributed by atoms with Crippen molar-refractivity contribution in [1.29, 1.82) is 0 Å². The van der Waals surface area contributed by atoms with E-state index in [2.05, 4.69) is 10.3 Å². The molecule has 8 heteroatoms. The molecule has 2 aromatic carbocycles. The second-order valence-corrected chi connectivity index (χ2v) is 6.70. The van der Waals surface area contributed by atoms with Gasteiger partial charge in [-0.3, -0.25) is 14.6 Å². The number of rotatable bonds is 5. The highest BCUT2D eigenvalue weighted by Crippen LogP contribution is 2.33. The molecule has 1 saturated heterocycles. The molecule has 138 valence electrons. The lowest BCUT2D eigenvalue weighted by molar-refractivity contribution is -0.123. The van der Waals surface area contributed by atoms with Crippen molar-refractivity contribution in [2.24, 2.45) is 10.3 Å². The number of carbonyl (C=O) groups is 2. The summed E-state index contributed by atoms with van der Waals surface area (Å²) in [6, 6.07) is 12.6. The molecule has 27 heavy (non-hydrogen) atoms. The van der Waals surface area contributed by atoms with Gasteiger partial charge in [-0.1, -0.05) is 29.0 Å². The van der Waals surface area contributed by atoms with E-state index in [4.69, 9.17) is 16.3 Å². The molecule has 0 spiro atoms. The van der Waals surface area contributed by atoms with Crippen molar-refractivity contribution in [3.8, 4) is 5.75 Å². The molecule has 0 saturated carbocycles. The van der Waals surface area contributed by atoms with Gasteiger partial charge < -0.3 is 4.74 Å². The summed E-state index contributed by atoms with van der Waals surface area (Å²) in [5, 5.41) is 10.2. The lowest BCUT2D eigenvalue weighted by Crippen LogP contribution is -2.39. The van der Waals surface area contributed by atoms with Crippen LogP contribution >= 0.6 is 11.6 Å². The van der Waals surface area contributed by atoms with Gasteiger partial charge in [-0.15, -0.1) is 0 Å². The summed E-state index contributed by atoms with van der Waals surface area (Å²) in [4.78, 5) is 26.9. The standard InChI is InChI=1S/C19H17ClN4O3/c1-2-27-15-8-6-14(7-9-15)24-18(25)16-17(19(24)26)23(22-21-16)11-12-4-3-5-13(20)10-12/h3-10,16-17H,2,11H2,1H3/t16-,17-/m1/s1. The zero-order chi connectivity index (χ0) is 19.0. The molecule has 4 rings (SSSR count). The predicted molar refractivity (Wildman–Crippen MR) is 99.5 cm³/mol. The van der Waals surface area contributed by atoms with Crippen LogP contribution < -0.4 is 9.64 Å². The fraction of sp³-hybridized carbons (Fsp3) is 0.263. The smallest absolute Gasteiger partial charge is 0.263 e. The topological polar surface area (TPSA) is 74.6 Å². The summed E-state index contributed by atoms with van der Waals surface area (Å²) < 4.78 is 5.40. The van der Waals surface area contributed by atoms with Crippen molar-refractivity contribution in [3.05, 3.63) is 59.1 Å². The molecule has 2 amide bonds. The van der Waals surface area contributed by atoms with Crippen molar-refractivity contribution in [2.75, 3.05) is 11.5 Å². The quantitative estimate of drug-likeness (QED) is 0.742. The molecule has 2 aromatic rings. The molecule has 2 atom stereocenters. The van der Waals surface area contributed by atoms with Gasteiger partial charge in [-0.2, -0.15) is 5.11 Å². The summed E-state index contributed by atoms with van der Waals surface area (Å²) in [5.41, 5.74) is 1.39. The number of halogens is 1. The number of carbonyl (C=O) groups excluding carboxylic acids is 2. The zero-order valence-corrected chi connectivity index (χ0v) is 15.3. The van der Waals surface area contributed by atoms with Gasteiger partial charge in [-0.05, 0) is 48.9 Å². The van der Waals surface area contributed by atoms with Gasteiger partial charge in [-0.25, -0.2) is 4.90 Å². The Hall–Kier alpha value is -2.93. The van der Waals surface area contributed by atoms with E-state index in [1.54, 1.807) is 41.4 Å². The third kappa shape index (κ3) is 3.14. The summed E-state index contributed by atoms with van der Waals surface area (Å²) in [6.07, 6.45) is 0. The van der Waals surface area contributed by atoms with Crippen LogP contribution in [0, 0.1) is 0 Å². The van der Waals surface area contributed by atoms with Crippen LogP contribution in [0.3, 0.4) is 0 Å². The van der Waals surface area contributed by atoms with Crippen LogP contribution in [0.1, 0.15) is 12.5 Å². The van der Waals surface area contributed by atoms with Crippen LogP contribution in [-0.2, 0) is 16.1 Å². The summed E-state index contributed by atoms with van der Waals surface area (Å²) in [5.74, 6) is -0.0181. The first-order chi connectivity index (χ1) is 13.1. The number of imide groups is 1. The molecule has 7 nitrogen and oxygen atoms in total. The first-order valence-electron chi connectivity index (χ1n) is 8.61. The number of fused-ring (bicyclic) bond motifs is 1. The van der Waals surface area contributed by atoms with Gasteiger partial charge in [0.25, 0.3) is 11.8 Å². The first-order valence-corrected chi connectivity index (χ1v) is 8.99. The van der Waals surface area contributed by atoms with Gasteiger partial charge in [0.2, 0.25) is 0 Å². The summed E-state index contributed by atoms with van der Waals surface area (Å²) in [7, 11) is 0. The molecule has 2 heterocycles. The maximum absolute atomic E-state index is 13.0. The lowest BCUT2D eigenvalue weighted by atomic mass is 10.1. The summed E-state index contributed by atoms with van der Waals surface area (Å²) in [6.45, 7) is 2.79. The van der Waals surface area contributed by atoms with E-state index in [0.29, 0.717) is 29.6 Å². The molecule has 0 bridgehead atoms. The Morgan fingerprint density at radius 2 is 1.89 bits per heavy atom. The Balaban J connectivity index is 1.56. The van der Waals surface area contributed by atoms with Gasteiger partial charge in [0.1, 0.15) is 5.75 Å². The highest BCUT2D eigenvalue weighted by Gasteiger charge is 2.54. The molecule has 2 aliphatic heterocycles. The van der Waals surface area contributed by atoms with Crippen LogP contribution in [-0.4, -0.2) is 35.5 Å². The van der Waals surface area contributed by atoms with E-state index in [9.17, 15) is 9.59 Å². The number of benzene rings is 2. The third-order valence-corrected chi connectivity index (χ3v) is 4.73. The predicted octanol–water partition coefficient (Wildman–Crippen LogP) is 3.23. The normalized spacial score (nSPS) is 21.1. The lowest BCUT2D eigenvalue weighted by Gasteiger charge is -2.20. The number of nitrogens with zero attached hydrogens (tertiary/aromatic N) is 4. The first kappa shape index (κ1) is 17.5. The molecule has 0 N–H and O–H groups in total. The van der Waals surface area contributed by atoms with Gasteiger partial charge >= 0.3 is 0 Å². The number of anilines is 1. The number of hydrogen-bond acceptors (Lipinski definition) is 6. The Morgan fingerprint density at radius 1 is 1.11 bits per heavy atom. The molecule has 0 unspecified atom stereocenters. The average Bonchev–Trinajstić information content (AvgIpc) is 3.17. The van der Waals surface area contributed by atoms with Crippen molar-refractivity contribution >= 4 is 29.1 Å². The zero-order valence-electron chi connectivity index (χ0n) is 14.6. The van der Waals surface area contributed by atoms with Gasteiger partial charge in [0.05, 0.1) is 18.8 Å². The minimum Gasteiger partial charge on any atom is -0.494 e. The molecule has 0 aromatic heterocycles. The van der Waals surface area contributed by atoms with Gasteiger partial charge in [0, 0.05) is 5.02 Å². The van der Waals surface area contributed by atoms with Crippen LogP contribution in [0.2, 0.25) is 5.02 Å². The number of ether oxygens (including phenoxy) is 1. The molecule has 2 aliphatic rings. The van der Waals surface area contributed by atoms with E-state index < -0.39 is 12.1 Å². The Morgan fingerprint density at radius 3 is 2.59 bits per heavy atom. The maximum Gasteiger partial charge on any atom is 0.263 e. The minimum absolute atomic E-state index is 0.332. The fourth-order valence-corrected chi connectivity index (χ4v) is 3.50. The van der Waals surface area contributed by atoms with Crippen LogP contribution in [0.15, 0.2) is 58.9 Å². The molecular weight excluding hydrogens is 368 g/mol. The van der Waals surface area contributed by atoms with E-state index in [1.807, 2.05) is 19.1 Å². The maximum atomic E-state index is 13.0. The molecule has 0 aliphatic carbocycles. The minimum atomic E-state index is -0.816. The fourth-order valence-electron chi connectivity index (χ4n) is 3.29. The number of amides is 2. The van der Waals surface area contributed by atoms with E-state index in [-0.39, 0.29) is 11.8 Å². The van der Waals surface area contributed by atoms with Crippen molar-refractivity contribution in [3.63, 3.8) is 0 Å². The van der Waals surface area contributed by atoms with Crippen LogP contribution in [0.4, 0.5) is 5.69 Å². The van der Waals surface area contributed by atoms with Crippen LogP contribution in [0.5, 0.6) is 5.75 Å².